The molecule has 2 aromatic carbocycles. The number of nitro benzene ring substituents is 1. The summed E-state index contributed by atoms with van der Waals surface area (Å²) in [5.41, 5.74) is 1.66. The highest BCUT2D eigenvalue weighted by Crippen LogP contribution is 2.36. The first kappa shape index (κ1) is 27.8. The molecule has 3 rings (SSSR count). The van der Waals surface area contributed by atoms with E-state index in [0.717, 1.165) is 17.7 Å². The van der Waals surface area contributed by atoms with Crippen molar-refractivity contribution in [2.45, 2.75) is 64.9 Å². The Labute approximate surface area is 216 Å². The maximum atomic E-state index is 13.2. The van der Waals surface area contributed by atoms with Crippen LogP contribution in [0.1, 0.15) is 55.7 Å². The average Bonchev–Trinajstić information content (AvgIpc) is 3.14. The molecule has 0 saturated heterocycles. The van der Waals surface area contributed by atoms with Crippen molar-refractivity contribution in [3.63, 3.8) is 0 Å². The highest BCUT2D eigenvalue weighted by atomic mass is 32.2. The zero-order valence-electron chi connectivity index (χ0n) is 21.6. The monoisotopic (exact) mass is 529 g/mol. The van der Waals surface area contributed by atoms with Crippen molar-refractivity contribution >= 4 is 21.6 Å². The normalized spacial score (nSPS) is 12.4. The van der Waals surface area contributed by atoms with Gasteiger partial charge in [0.2, 0.25) is 15.9 Å². The lowest BCUT2D eigenvalue weighted by molar-refractivity contribution is -0.385. The smallest absolute Gasteiger partial charge is 0.272 e. The SMILES string of the molecule is CC[C@H](C)NS(=O)(=O)c1cc([N+](=O)[O-])ccc1Oc1c(C)c(C(=O)NC(C)C)nn1-c1ccc(C)cc1. The van der Waals surface area contributed by atoms with Gasteiger partial charge in [-0.1, -0.05) is 24.6 Å². The van der Waals surface area contributed by atoms with Crippen LogP contribution in [0.5, 0.6) is 11.6 Å². The molecule has 0 spiro atoms. The third-order valence-electron chi connectivity index (χ3n) is 5.58. The van der Waals surface area contributed by atoms with Crippen LogP contribution < -0.4 is 14.8 Å². The molecule has 0 radical (unpaired) electrons. The number of aromatic nitrogens is 2. The fourth-order valence-electron chi connectivity index (χ4n) is 3.43. The number of amides is 1. The second-order valence-corrected chi connectivity index (χ2v) is 10.8. The van der Waals surface area contributed by atoms with E-state index < -0.39 is 37.5 Å². The molecule has 0 fully saturated rings. The molecule has 3 aromatic rings. The van der Waals surface area contributed by atoms with Crippen LogP contribution in [-0.4, -0.2) is 41.1 Å². The van der Waals surface area contributed by atoms with Gasteiger partial charge in [0.1, 0.15) is 10.6 Å². The summed E-state index contributed by atoms with van der Waals surface area (Å²) in [6, 6.07) is 10.1. The van der Waals surface area contributed by atoms with E-state index in [0.29, 0.717) is 17.7 Å². The van der Waals surface area contributed by atoms with Crippen LogP contribution in [0.3, 0.4) is 0 Å². The number of ether oxygens (including phenoxy) is 1. The summed E-state index contributed by atoms with van der Waals surface area (Å²) in [4.78, 5) is 23.2. The summed E-state index contributed by atoms with van der Waals surface area (Å²) in [5.74, 6) is -0.460. The average molecular weight is 530 g/mol. The third-order valence-corrected chi connectivity index (χ3v) is 7.20. The van der Waals surface area contributed by atoms with Crippen LogP contribution in [0.25, 0.3) is 5.69 Å². The van der Waals surface area contributed by atoms with Gasteiger partial charge in [-0.15, -0.1) is 0 Å². The van der Waals surface area contributed by atoms with E-state index in [1.807, 2.05) is 39.8 Å². The molecule has 11 nitrogen and oxygen atoms in total. The molecule has 2 N–H and O–H groups in total. The number of nitro groups is 1. The number of carbonyl (C=O) groups excluding carboxylic acids is 1. The number of hydrogen-bond acceptors (Lipinski definition) is 7. The topological polar surface area (TPSA) is 145 Å². The molecule has 1 heterocycles. The van der Waals surface area contributed by atoms with Crippen molar-refractivity contribution in [2.75, 3.05) is 0 Å². The number of sulfonamides is 1. The van der Waals surface area contributed by atoms with Gasteiger partial charge in [-0.05, 0) is 59.2 Å². The number of rotatable bonds is 10. The van der Waals surface area contributed by atoms with Gasteiger partial charge in [-0.3, -0.25) is 14.9 Å². The number of non-ortho nitro benzene ring substituents is 1. The van der Waals surface area contributed by atoms with E-state index in [2.05, 4.69) is 15.1 Å². The maximum Gasteiger partial charge on any atom is 0.272 e. The maximum absolute atomic E-state index is 13.2. The zero-order chi connectivity index (χ0) is 27.5. The Kier molecular flexibility index (Phi) is 8.34. The van der Waals surface area contributed by atoms with Crippen LogP contribution in [0.15, 0.2) is 47.4 Å². The van der Waals surface area contributed by atoms with E-state index in [-0.39, 0.29) is 23.4 Å². The van der Waals surface area contributed by atoms with Gasteiger partial charge in [-0.25, -0.2) is 13.1 Å². The van der Waals surface area contributed by atoms with E-state index >= 15 is 0 Å². The first-order valence-electron chi connectivity index (χ1n) is 11.8. The molecular weight excluding hydrogens is 498 g/mol. The van der Waals surface area contributed by atoms with Gasteiger partial charge in [-0.2, -0.15) is 9.78 Å². The Bertz CT molecular complexity index is 1410. The predicted octanol–water partition coefficient (Wildman–Crippen LogP) is 4.40. The summed E-state index contributed by atoms with van der Waals surface area (Å²) in [6.45, 7) is 10.7. The lowest BCUT2D eigenvalue weighted by atomic mass is 10.2. The minimum atomic E-state index is -4.19. The van der Waals surface area contributed by atoms with Crippen molar-refractivity contribution < 1.29 is 22.9 Å². The lowest BCUT2D eigenvalue weighted by Gasteiger charge is -2.16. The summed E-state index contributed by atoms with van der Waals surface area (Å²) in [5, 5.41) is 18.7. The largest absolute Gasteiger partial charge is 0.437 e. The Balaban J connectivity index is 2.20. The highest BCUT2D eigenvalue weighted by Gasteiger charge is 2.28. The number of benzene rings is 2. The number of nitrogens with zero attached hydrogens (tertiary/aromatic N) is 3. The molecule has 0 bridgehead atoms. The fraction of sp³-hybridized carbons (Fsp3) is 0.360. The van der Waals surface area contributed by atoms with Crippen molar-refractivity contribution in [2.24, 2.45) is 0 Å². The molecule has 1 aromatic heterocycles. The molecule has 1 amide bonds. The van der Waals surface area contributed by atoms with Crippen LogP contribution in [-0.2, 0) is 10.0 Å². The van der Waals surface area contributed by atoms with Gasteiger partial charge in [0, 0.05) is 29.8 Å². The number of nitrogens with one attached hydrogen (secondary N) is 2. The van der Waals surface area contributed by atoms with E-state index in [4.69, 9.17) is 4.74 Å². The van der Waals surface area contributed by atoms with Gasteiger partial charge >= 0.3 is 0 Å². The molecule has 0 aliphatic heterocycles. The first-order valence-corrected chi connectivity index (χ1v) is 13.3. The lowest BCUT2D eigenvalue weighted by Crippen LogP contribution is -2.32. The minimum Gasteiger partial charge on any atom is -0.437 e. The summed E-state index contributed by atoms with van der Waals surface area (Å²) >= 11 is 0. The molecule has 198 valence electrons. The molecule has 0 saturated carbocycles. The quantitative estimate of drug-likeness (QED) is 0.292. The van der Waals surface area contributed by atoms with Crippen molar-refractivity contribution in [3.05, 3.63) is 69.4 Å². The molecule has 0 aliphatic rings. The number of aryl methyl sites for hydroxylation is 1. The van der Waals surface area contributed by atoms with Gasteiger partial charge in [0.05, 0.1) is 10.6 Å². The van der Waals surface area contributed by atoms with E-state index in [1.165, 1.54) is 10.7 Å². The second-order valence-electron chi connectivity index (χ2n) is 9.08. The van der Waals surface area contributed by atoms with Gasteiger partial charge in [0.25, 0.3) is 11.6 Å². The standard InChI is InChI=1S/C25H31N5O6S/c1-7-17(5)28-37(34,35)22-14-20(30(32)33)12-13-21(22)36-25-18(6)23(24(31)26-15(2)3)27-29(25)19-10-8-16(4)9-11-19/h8-15,17,28H,7H2,1-6H3,(H,26,31)/t17-/m0/s1. The fourth-order valence-corrected chi connectivity index (χ4v) is 4.90. The minimum absolute atomic E-state index is 0.103. The zero-order valence-corrected chi connectivity index (χ0v) is 22.4. The molecule has 0 aliphatic carbocycles. The second kappa shape index (κ2) is 11.1. The van der Waals surface area contributed by atoms with Crippen LogP contribution in [0.4, 0.5) is 5.69 Å². The van der Waals surface area contributed by atoms with Crippen molar-refractivity contribution in [3.8, 4) is 17.3 Å². The highest BCUT2D eigenvalue weighted by molar-refractivity contribution is 7.89. The Morgan fingerprint density at radius 3 is 2.35 bits per heavy atom. The molecule has 0 unspecified atom stereocenters. The molecule has 37 heavy (non-hydrogen) atoms. The van der Waals surface area contributed by atoms with Crippen LogP contribution in [0, 0.1) is 24.0 Å². The first-order chi connectivity index (χ1) is 17.3. The number of hydrogen-bond donors (Lipinski definition) is 2. The third kappa shape index (κ3) is 6.33. The van der Waals surface area contributed by atoms with Crippen LogP contribution >= 0.6 is 0 Å². The van der Waals surface area contributed by atoms with Crippen molar-refractivity contribution in [1.82, 2.24) is 19.8 Å². The van der Waals surface area contributed by atoms with Gasteiger partial charge in [0.15, 0.2) is 5.69 Å². The summed E-state index contributed by atoms with van der Waals surface area (Å²) < 4.78 is 36.4. The van der Waals surface area contributed by atoms with Crippen molar-refractivity contribution in [1.29, 1.82) is 0 Å². The Morgan fingerprint density at radius 2 is 1.78 bits per heavy atom. The van der Waals surface area contributed by atoms with E-state index in [1.54, 1.807) is 26.0 Å². The predicted molar refractivity (Wildman–Crippen MR) is 139 cm³/mol. The summed E-state index contributed by atoms with van der Waals surface area (Å²) in [7, 11) is -4.19. The Hall–Kier alpha value is -3.77. The molecular formula is C25H31N5O6S. The van der Waals surface area contributed by atoms with Crippen LogP contribution in [0.2, 0.25) is 0 Å². The number of carbonyl (C=O) groups is 1. The molecule has 1 atom stereocenters. The van der Waals surface area contributed by atoms with E-state index in [9.17, 15) is 23.3 Å². The van der Waals surface area contributed by atoms with Gasteiger partial charge < -0.3 is 10.1 Å². The molecule has 12 heteroatoms. The Morgan fingerprint density at radius 1 is 1.14 bits per heavy atom. The summed E-state index contributed by atoms with van der Waals surface area (Å²) in [6.07, 6.45) is 0.512.